The third kappa shape index (κ3) is 3.09. The Morgan fingerprint density at radius 3 is 2.24 bits per heavy atom. The van der Waals surface area contributed by atoms with Crippen LogP contribution < -0.4 is 0 Å². The number of halogens is 1. The van der Waals surface area contributed by atoms with Gasteiger partial charge in [-0.3, -0.25) is 4.98 Å². The van der Waals surface area contributed by atoms with E-state index in [0.29, 0.717) is 5.39 Å². The summed E-state index contributed by atoms with van der Waals surface area (Å²) in [6.07, 6.45) is 2.02. The van der Waals surface area contributed by atoms with Crippen molar-refractivity contribution in [2.24, 2.45) is 0 Å². The van der Waals surface area contributed by atoms with Crippen molar-refractivity contribution >= 4 is 10.9 Å². The third-order valence-electron chi connectivity index (χ3n) is 4.18. The van der Waals surface area contributed by atoms with Gasteiger partial charge in [-0.2, -0.15) is 0 Å². The zero-order chi connectivity index (χ0) is 15.8. The molecule has 114 valence electrons. The van der Waals surface area contributed by atoms with Gasteiger partial charge < -0.3 is 0 Å². The zero-order valence-electron chi connectivity index (χ0n) is 14.0. The van der Waals surface area contributed by atoms with Crippen LogP contribution in [-0.4, -0.2) is 4.98 Å². The number of rotatable bonds is 3. The van der Waals surface area contributed by atoms with Crippen molar-refractivity contribution in [1.29, 1.82) is 0 Å². The van der Waals surface area contributed by atoms with Crippen LogP contribution in [0.4, 0.5) is 4.39 Å². The summed E-state index contributed by atoms with van der Waals surface area (Å²) in [5.74, 6) is -0.112. The minimum absolute atomic E-state index is 0.0230. The van der Waals surface area contributed by atoms with Crippen LogP contribution in [0, 0.1) is 5.82 Å². The van der Waals surface area contributed by atoms with E-state index >= 15 is 0 Å². The van der Waals surface area contributed by atoms with Gasteiger partial charge in [0, 0.05) is 16.5 Å². The fourth-order valence-electron chi connectivity index (χ4n) is 2.87. The molecule has 1 nitrogen and oxygen atoms in total. The van der Waals surface area contributed by atoms with Crippen molar-refractivity contribution in [2.75, 3.05) is 0 Å². The standard InChI is InChI=1S/C19H26FN/c1-7-12-19(5,6)14-9-10-15-13(17(14)20)8-11-16(21-15)18(2,3)4/h8-11H,7,12H2,1-6H3. The molecule has 1 aromatic carbocycles. The maximum atomic E-state index is 14.9. The maximum absolute atomic E-state index is 14.9. The van der Waals surface area contributed by atoms with Crippen LogP contribution in [-0.2, 0) is 10.8 Å². The first-order valence-corrected chi connectivity index (χ1v) is 7.77. The molecule has 0 atom stereocenters. The summed E-state index contributed by atoms with van der Waals surface area (Å²) in [7, 11) is 0. The summed E-state index contributed by atoms with van der Waals surface area (Å²) in [5.41, 5.74) is 2.37. The molecular weight excluding hydrogens is 261 g/mol. The van der Waals surface area contributed by atoms with Crippen molar-refractivity contribution in [1.82, 2.24) is 4.98 Å². The summed E-state index contributed by atoms with van der Waals surface area (Å²) < 4.78 is 14.9. The zero-order valence-corrected chi connectivity index (χ0v) is 14.0. The SMILES string of the molecule is CCCC(C)(C)c1ccc2nc(C(C)(C)C)ccc2c1F. The number of fused-ring (bicyclic) bond motifs is 1. The molecule has 21 heavy (non-hydrogen) atoms. The molecule has 0 unspecified atom stereocenters. The number of aromatic nitrogens is 1. The van der Waals surface area contributed by atoms with E-state index in [1.165, 1.54) is 0 Å². The lowest BCUT2D eigenvalue weighted by Crippen LogP contribution is -2.19. The molecule has 0 bridgehead atoms. The monoisotopic (exact) mass is 287 g/mol. The molecule has 0 aliphatic rings. The van der Waals surface area contributed by atoms with Gasteiger partial charge in [0.2, 0.25) is 0 Å². The van der Waals surface area contributed by atoms with E-state index in [9.17, 15) is 4.39 Å². The lowest BCUT2D eigenvalue weighted by Gasteiger charge is -2.26. The molecule has 1 heterocycles. The van der Waals surface area contributed by atoms with Crippen LogP contribution in [0.2, 0.25) is 0 Å². The second kappa shape index (κ2) is 5.40. The molecular formula is C19H26FN. The Hall–Kier alpha value is -1.44. The first kappa shape index (κ1) is 15.9. The minimum Gasteiger partial charge on any atom is -0.252 e. The van der Waals surface area contributed by atoms with Crippen molar-refractivity contribution in [3.05, 3.63) is 41.3 Å². The summed E-state index contributed by atoms with van der Waals surface area (Å²) in [6.45, 7) is 12.7. The lowest BCUT2D eigenvalue weighted by molar-refractivity contribution is 0.447. The van der Waals surface area contributed by atoms with Crippen LogP contribution in [0.15, 0.2) is 24.3 Å². The molecule has 0 aliphatic carbocycles. The minimum atomic E-state index is -0.143. The van der Waals surface area contributed by atoms with E-state index < -0.39 is 0 Å². The van der Waals surface area contributed by atoms with Crippen molar-refractivity contribution in [3.8, 4) is 0 Å². The highest BCUT2D eigenvalue weighted by molar-refractivity contribution is 5.80. The van der Waals surface area contributed by atoms with Crippen LogP contribution in [0.5, 0.6) is 0 Å². The molecule has 2 heteroatoms. The first-order chi connectivity index (χ1) is 9.66. The highest BCUT2D eigenvalue weighted by atomic mass is 19.1. The van der Waals surface area contributed by atoms with Gasteiger partial charge in [-0.25, -0.2) is 4.39 Å². The Bertz CT molecular complexity index is 650. The van der Waals surface area contributed by atoms with E-state index in [1.54, 1.807) is 0 Å². The second-order valence-electron chi connectivity index (χ2n) is 7.57. The summed E-state index contributed by atoms with van der Waals surface area (Å²) >= 11 is 0. The lowest BCUT2D eigenvalue weighted by atomic mass is 9.80. The summed E-state index contributed by atoms with van der Waals surface area (Å²) in [6, 6.07) is 7.69. The average Bonchev–Trinajstić information content (AvgIpc) is 2.37. The van der Waals surface area contributed by atoms with Gasteiger partial charge in [0.1, 0.15) is 5.82 Å². The normalized spacial score (nSPS) is 12.9. The molecule has 0 N–H and O–H groups in total. The van der Waals surface area contributed by atoms with E-state index in [4.69, 9.17) is 0 Å². The van der Waals surface area contributed by atoms with E-state index in [-0.39, 0.29) is 16.6 Å². The predicted octanol–water partition coefficient (Wildman–Crippen LogP) is 5.75. The van der Waals surface area contributed by atoms with E-state index in [2.05, 4.69) is 46.5 Å². The Morgan fingerprint density at radius 2 is 1.67 bits per heavy atom. The number of hydrogen-bond acceptors (Lipinski definition) is 1. The van der Waals surface area contributed by atoms with Gasteiger partial charge in [0.05, 0.1) is 5.52 Å². The fourth-order valence-corrected chi connectivity index (χ4v) is 2.87. The molecule has 0 radical (unpaired) electrons. The fraction of sp³-hybridized carbons (Fsp3) is 0.526. The molecule has 1 aromatic heterocycles. The molecule has 0 fully saturated rings. The summed E-state index contributed by atoms with van der Waals surface area (Å²) in [4.78, 5) is 4.64. The van der Waals surface area contributed by atoms with E-state index in [1.807, 2.05) is 24.3 Å². The van der Waals surface area contributed by atoms with Gasteiger partial charge in [-0.05, 0) is 35.6 Å². The Balaban J connectivity index is 2.59. The van der Waals surface area contributed by atoms with Gasteiger partial charge in [-0.15, -0.1) is 0 Å². The van der Waals surface area contributed by atoms with Gasteiger partial charge >= 0.3 is 0 Å². The van der Waals surface area contributed by atoms with Crippen LogP contribution in [0.1, 0.15) is 65.6 Å². The number of benzene rings is 1. The van der Waals surface area contributed by atoms with Crippen LogP contribution >= 0.6 is 0 Å². The Kier molecular flexibility index (Phi) is 4.10. The predicted molar refractivity (Wildman–Crippen MR) is 88.3 cm³/mol. The smallest absolute Gasteiger partial charge is 0.136 e. The van der Waals surface area contributed by atoms with Crippen molar-refractivity contribution in [3.63, 3.8) is 0 Å². The van der Waals surface area contributed by atoms with Crippen LogP contribution in [0.3, 0.4) is 0 Å². The quantitative estimate of drug-likeness (QED) is 0.700. The molecule has 0 saturated heterocycles. The topological polar surface area (TPSA) is 12.9 Å². The summed E-state index contributed by atoms with van der Waals surface area (Å²) in [5, 5.41) is 0.629. The van der Waals surface area contributed by atoms with Gasteiger partial charge in [0.15, 0.2) is 0 Å². The van der Waals surface area contributed by atoms with Crippen LogP contribution in [0.25, 0.3) is 10.9 Å². The number of nitrogens with zero attached hydrogens (tertiary/aromatic N) is 1. The third-order valence-corrected chi connectivity index (χ3v) is 4.18. The average molecular weight is 287 g/mol. The first-order valence-electron chi connectivity index (χ1n) is 7.77. The van der Waals surface area contributed by atoms with E-state index in [0.717, 1.165) is 29.6 Å². The number of hydrogen-bond donors (Lipinski definition) is 0. The molecule has 2 rings (SSSR count). The van der Waals surface area contributed by atoms with Gasteiger partial charge in [-0.1, -0.05) is 54.0 Å². The maximum Gasteiger partial charge on any atom is 0.136 e. The highest BCUT2D eigenvalue weighted by Crippen LogP contribution is 2.34. The molecule has 2 aromatic rings. The molecule has 0 saturated carbocycles. The largest absolute Gasteiger partial charge is 0.252 e. The molecule has 0 amide bonds. The highest BCUT2D eigenvalue weighted by Gasteiger charge is 2.25. The Morgan fingerprint density at radius 1 is 1.00 bits per heavy atom. The molecule has 0 spiro atoms. The Labute approximate surface area is 127 Å². The van der Waals surface area contributed by atoms with Crippen molar-refractivity contribution in [2.45, 2.75) is 65.2 Å². The van der Waals surface area contributed by atoms with Gasteiger partial charge in [0.25, 0.3) is 0 Å². The van der Waals surface area contributed by atoms with Crippen molar-refractivity contribution < 1.29 is 4.39 Å². The number of pyridine rings is 1. The molecule has 0 aliphatic heterocycles. The second-order valence-corrected chi connectivity index (χ2v) is 7.57.